The summed E-state index contributed by atoms with van der Waals surface area (Å²) in [5.74, 6) is 0. The van der Waals surface area contributed by atoms with E-state index in [0.29, 0.717) is 0 Å². The van der Waals surface area contributed by atoms with Gasteiger partial charge in [-0.2, -0.15) is 0 Å². The Morgan fingerprint density at radius 2 is 1.50 bits per heavy atom. The summed E-state index contributed by atoms with van der Waals surface area (Å²) in [5, 5.41) is 1.20. The standard InChI is InChI=1S/C9H7N.Ba.H2O4S/c1-2-6-9-8(4-1)5-3-7-10-9;;1-5(2,3)4/h1-7H;;(H2,1,2,3,4)/q;+2;/p-2. The van der Waals surface area contributed by atoms with E-state index < -0.39 is 10.4 Å². The fourth-order valence-electron chi connectivity index (χ4n) is 1.02. The summed E-state index contributed by atoms with van der Waals surface area (Å²) in [6.07, 6.45) is 1.81. The maximum atomic E-state index is 8.52. The van der Waals surface area contributed by atoms with Crippen molar-refractivity contribution in [1.82, 2.24) is 4.98 Å². The van der Waals surface area contributed by atoms with Crippen LogP contribution in [0.2, 0.25) is 0 Å². The molecule has 5 nitrogen and oxygen atoms in total. The van der Waals surface area contributed by atoms with Gasteiger partial charge in [0.15, 0.2) is 0 Å². The maximum Gasteiger partial charge on any atom is 2.00 e. The largest absolute Gasteiger partial charge is 2.00 e. The van der Waals surface area contributed by atoms with Crippen LogP contribution < -0.4 is 0 Å². The summed E-state index contributed by atoms with van der Waals surface area (Å²) in [4.78, 5) is 4.18. The predicted octanol–water partition coefficient (Wildman–Crippen LogP) is 0.516. The zero-order chi connectivity index (χ0) is 11.3. The van der Waals surface area contributed by atoms with Gasteiger partial charge in [0.25, 0.3) is 0 Å². The van der Waals surface area contributed by atoms with Gasteiger partial charge in [-0.05, 0) is 12.1 Å². The molecular weight excluding hydrogens is 355 g/mol. The quantitative estimate of drug-likeness (QED) is 0.387. The molecule has 80 valence electrons. The van der Waals surface area contributed by atoms with Crippen LogP contribution in [0.4, 0.5) is 0 Å². The van der Waals surface area contributed by atoms with Crippen LogP contribution in [0.15, 0.2) is 42.6 Å². The van der Waals surface area contributed by atoms with Crippen molar-refractivity contribution in [2.75, 3.05) is 0 Å². The number of hydrogen-bond acceptors (Lipinski definition) is 5. The second-order valence-electron chi connectivity index (χ2n) is 2.60. The summed E-state index contributed by atoms with van der Waals surface area (Å²) in [5.41, 5.74) is 1.06. The zero-order valence-corrected chi connectivity index (χ0v) is 13.5. The first-order chi connectivity index (χ1) is 6.97. The summed E-state index contributed by atoms with van der Waals surface area (Å²) in [7, 11) is -5.17. The van der Waals surface area contributed by atoms with Gasteiger partial charge in [-0.15, -0.1) is 0 Å². The Morgan fingerprint density at radius 1 is 1.00 bits per heavy atom. The van der Waals surface area contributed by atoms with Gasteiger partial charge in [0.05, 0.1) is 5.52 Å². The normalized spacial score (nSPS) is 9.88. The fourth-order valence-corrected chi connectivity index (χ4v) is 1.02. The van der Waals surface area contributed by atoms with Gasteiger partial charge >= 0.3 is 48.9 Å². The van der Waals surface area contributed by atoms with Gasteiger partial charge in [0.2, 0.25) is 0 Å². The van der Waals surface area contributed by atoms with E-state index in [-0.39, 0.29) is 48.9 Å². The molecule has 1 heterocycles. The molecule has 1 aromatic carbocycles. The molecule has 1 aromatic heterocycles. The summed E-state index contributed by atoms with van der Waals surface area (Å²) in [6.45, 7) is 0. The Morgan fingerprint density at radius 3 is 2.06 bits per heavy atom. The number of rotatable bonds is 0. The van der Waals surface area contributed by atoms with Crippen molar-refractivity contribution in [1.29, 1.82) is 0 Å². The van der Waals surface area contributed by atoms with Crippen LogP contribution in [0.5, 0.6) is 0 Å². The number of para-hydroxylation sites is 1. The van der Waals surface area contributed by atoms with E-state index in [4.69, 9.17) is 17.5 Å². The third-order valence-corrected chi connectivity index (χ3v) is 1.51. The van der Waals surface area contributed by atoms with Gasteiger partial charge < -0.3 is 9.11 Å². The molecule has 0 atom stereocenters. The third kappa shape index (κ3) is 7.36. The number of hydrogen-bond donors (Lipinski definition) is 0. The summed E-state index contributed by atoms with van der Waals surface area (Å²) < 4.78 is 34.1. The molecule has 0 unspecified atom stereocenters. The molecule has 2 rings (SSSR count). The molecule has 2 aromatic rings. The molecule has 7 heteroatoms. The van der Waals surface area contributed by atoms with Gasteiger partial charge in [-0.25, -0.2) is 0 Å². The number of pyridine rings is 1. The molecule has 0 saturated heterocycles. The van der Waals surface area contributed by atoms with Crippen molar-refractivity contribution in [3.8, 4) is 0 Å². The molecule has 0 aliphatic rings. The van der Waals surface area contributed by atoms with Crippen LogP contribution in [-0.4, -0.2) is 71.4 Å². The van der Waals surface area contributed by atoms with Crippen molar-refractivity contribution in [3.05, 3.63) is 42.6 Å². The van der Waals surface area contributed by atoms with Gasteiger partial charge in [-0.3, -0.25) is 13.4 Å². The number of fused-ring (bicyclic) bond motifs is 1. The summed E-state index contributed by atoms with van der Waals surface area (Å²) in [6, 6.07) is 12.1. The molecular formula is C9H7BaNO4S. The molecule has 0 fully saturated rings. The van der Waals surface area contributed by atoms with Crippen molar-refractivity contribution in [2.24, 2.45) is 0 Å². The second-order valence-corrected chi connectivity index (χ2v) is 3.42. The van der Waals surface area contributed by atoms with E-state index in [9.17, 15) is 0 Å². The minimum absolute atomic E-state index is 0. The van der Waals surface area contributed by atoms with Crippen LogP contribution in [0.3, 0.4) is 0 Å². The minimum Gasteiger partial charge on any atom is -0.759 e. The van der Waals surface area contributed by atoms with E-state index >= 15 is 0 Å². The number of aromatic nitrogens is 1. The monoisotopic (exact) mass is 363 g/mol. The van der Waals surface area contributed by atoms with E-state index in [1.807, 2.05) is 30.5 Å². The van der Waals surface area contributed by atoms with Gasteiger partial charge in [0, 0.05) is 22.0 Å². The maximum absolute atomic E-state index is 8.52. The molecule has 0 spiro atoms. The average Bonchev–Trinajstić information content (AvgIpc) is 2.16. The molecule has 16 heavy (non-hydrogen) atoms. The minimum atomic E-state index is -5.17. The van der Waals surface area contributed by atoms with Crippen LogP contribution in [0.25, 0.3) is 10.9 Å². The molecule has 0 amide bonds. The van der Waals surface area contributed by atoms with E-state index in [1.54, 1.807) is 0 Å². The van der Waals surface area contributed by atoms with Crippen LogP contribution in [-0.2, 0) is 10.4 Å². The van der Waals surface area contributed by atoms with Crippen molar-refractivity contribution in [2.45, 2.75) is 0 Å². The molecule has 0 bridgehead atoms. The first kappa shape index (κ1) is 16.1. The second kappa shape index (κ2) is 7.41. The van der Waals surface area contributed by atoms with Crippen molar-refractivity contribution < 1.29 is 17.5 Å². The Hall–Kier alpha value is 0.0714. The molecule has 0 N–H and O–H groups in total. The van der Waals surface area contributed by atoms with Crippen molar-refractivity contribution in [3.63, 3.8) is 0 Å². The molecule has 0 saturated carbocycles. The first-order valence-corrected chi connectivity index (χ1v) is 5.26. The van der Waals surface area contributed by atoms with Crippen LogP contribution >= 0.6 is 0 Å². The zero-order valence-electron chi connectivity index (χ0n) is 8.24. The Bertz CT molecular complexity index is 470. The topological polar surface area (TPSA) is 93.2 Å². The molecule has 0 aliphatic carbocycles. The van der Waals surface area contributed by atoms with Crippen molar-refractivity contribution >= 4 is 70.2 Å². The van der Waals surface area contributed by atoms with Crippen LogP contribution in [0, 0.1) is 0 Å². The SMILES string of the molecule is O=S(=O)([O-])[O-].[Ba+2].c1ccc2ncccc2c1. The van der Waals surface area contributed by atoms with E-state index in [0.717, 1.165) is 5.52 Å². The fraction of sp³-hybridized carbons (Fsp3) is 0. The Kier molecular flexibility index (Phi) is 7.44. The van der Waals surface area contributed by atoms with Gasteiger partial charge in [0.1, 0.15) is 0 Å². The average molecular weight is 363 g/mol. The Balaban J connectivity index is 0.000000330. The first-order valence-electron chi connectivity index (χ1n) is 3.93. The van der Waals surface area contributed by atoms with Crippen LogP contribution in [0.1, 0.15) is 0 Å². The molecule has 0 radical (unpaired) electrons. The third-order valence-electron chi connectivity index (χ3n) is 1.51. The Labute approximate surface area is 134 Å². The van der Waals surface area contributed by atoms with E-state index in [2.05, 4.69) is 17.1 Å². The smallest absolute Gasteiger partial charge is 0.759 e. The summed E-state index contributed by atoms with van der Waals surface area (Å²) >= 11 is 0. The number of nitrogens with zero attached hydrogens (tertiary/aromatic N) is 1. The van der Waals surface area contributed by atoms with Gasteiger partial charge in [-0.1, -0.05) is 24.3 Å². The number of benzene rings is 1. The predicted molar refractivity (Wildman–Crippen MR) is 58.0 cm³/mol. The van der Waals surface area contributed by atoms with E-state index in [1.165, 1.54) is 5.39 Å². The molecule has 0 aliphatic heterocycles.